The van der Waals surface area contributed by atoms with E-state index in [9.17, 15) is 9.59 Å². The molecule has 0 atom stereocenters. The number of fused-ring (bicyclic) bond motifs is 2. The summed E-state index contributed by atoms with van der Waals surface area (Å²) in [6, 6.07) is 11.8. The summed E-state index contributed by atoms with van der Waals surface area (Å²) < 4.78 is 1.64. The van der Waals surface area contributed by atoms with E-state index in [-0.39, 0.29) is 11.1 Å². The molecule has 0 bridgehead atoms. The van der Waals surface area contributed by atoms with Crippen LogP contribution in [0.15, 0.2) is 47.3 Å². The largest absolute Gasteiger partial charge is 0.478 e. The lowest BCUT2D eigenvalue weighted by molar-refractivity contribution is 0.0697. The van der Waals surface area contributed by atoms with Gasteiger partial charge in [0, 0.05) is 11.6 Å². The number of aromatic carboxylic acids is 1. The van der Waals surface area contributed by atoms with E-state index in [0.717, 1.165) is 11.1 Å². The van der Waals surface area contributed by atoms with Crippen molar-refractivity contribution in [2.75, 3.05) is 0 Å². The van der Waals surface area contributed by atoms with Crippen LogP contribution in [0.25, 0.3) is 22.6 Å². The lowest BCUT2D eigenvalue weighted by atomic mass is 10.1. The Kier molecular flexibility index (Phi) is 3.66. The first kappa shape index (κ1) is 15.6. The lowest BCUT2D eigenvalue weighted by Crippen LogP contribution is -2.20. The van der Waals surface area contributed by atoms with E-state index < -0.39 is 5.97 Å². The summed E-state index contributed by atoms with van der Waals surface area (Å²) in [5, 5.41) is 10.2. The second-order valence-electron chi connectivity index (χ2n) is 5.90. The Balaban J connectivity index is 1.90. The Labute approximate surface area is 147 Å². The van der Waals surface area contributed by atoms with Crippen LogP contribution in [-0.4, -0.2) is 20.6 Å². The Hall–Kier alpha value is -2.92. The molecule has 0 saturated carbocycles. The average molecular weight is 353 g/mol. The van der Waals surface area contributed by atoms with Gasteiger partial charge in [0.25, 0.3) is 5.56 Å². The molecule has 0 aliphatic carbocycles. The number of carboxylic acids is 1. The molecule has 0 unspecified atom stereocenters. The molecule has 124 valence electrons. The first-order valence-electron chi connectivity index (χ1n) is 7.77. The van der Waals surface area contributed by atoms with E-state index in [2.05, 4.69) is 4.98 Å². The first-order chi connectivity index (χ1) is 12.0. The van der Waals surface area contributed by atoms with Gasteiger partial charge in [0.1, 0.15) is 5.82 Å². The number of hydrogen-bond acceptors (Lipinski definition) is 3. The van der Waals surface area contributed by atoms with Crippen LogP contribution in [0.1, 0.15) is 28.2 Å². The predicted octanol–water partition coefficient (Wildman–Crippen LogP) is 3.69. The van der Waals surface area contributed by atoms with Gasteiger partial charge >= 0.3 is 5.97 Å². The molecule has 2 aromatic carbocycles. The van der Waals surface area contributed by atoms with Gasteiger partial charge in [0.15, 0.2) is 0 Å². The number of halogens is 1. The summed E-state index contributed by atoms with van der Waals surface area (Å²) in [5.41, 5.74) is 2.23. The molecule has 5 nitrogen and oxygen atoms in total. The first-order valence-corrected chi connectivity index (χ1v) is 8.15. The van der Waals surface area contributed by atoms with Crippen LogP contribution in [0.4, 0.5) is 0 Å². The smallest absolute Gasteiger partial charge is 0.335 e. The van der Waals surface area contributed by atoms with Gasteiger partial charge in [-0.2, -0.15) is 0 Å². The van der Waals surface area contributed by atoms with Crippen molar-refractivity contribution in [1.29, 1.82) is 0 Å². The highest BCUT2D eigenvalue weighted by Crippen LogP contribution is 2.28. The molecule has 2 heterocycles. The molecular formula is C19H13ClN2O3. The van der Waals surface area contributed by atoms with Crippen LogP contribution in [-0.2, 0) is 6.54 Å². The Morgan fingerprint density at radius 3 is 2.84 bits per heavy atom. The van der Waals surface area contributed by atoms with Gasteiger partial charge in [-0.25, -0.2) is 9.78 Å². The predicted molar refractivity (Wildman–Crippen MR) is 96.9 cm³/mol. The Morgan fingerprint density at radius 2 is 2.08 bits per heavy atom. The molecule has 0 fully saturated rings. The topological polar surface area (TPSA) is 72.2 Å². The third-order valence-electron chi connectivity index (χ3n) is 4.28. The van der Waals surface area contributed by atoms with E-state index in [1.165, 1.54) is 18.2 Å². The van der Waals surface area contributed by atoms with E-state index in [1.807, 2.05) is 24.3 Å². The summed E-state index contributed by atoms with van der Waals surface area (Å²) >= 11 is 6.03. The highest BCUT2D eigenvalue weighted by Gasteiger charge is 2.21. The Morgan fingerprint density at radius 1 is 1.24 bits per heavy atom. The van der Waals surface area contributed by atoms with E-state index >= 15 is 0 Å². The van der Waals surface area contributed by atoms with E-state index in [0.29, 0.717) is 34.7 Å². The standard InChI is InChI=1S/C19H13ClN2O3/c20-14-3-1-2-11(9-14)8-12-6-7-22-17(12)21-16-10-13(19(24)25)4-5-15(16)18(22)23/h1-5,8-10H,6-7H2,(H,24,25)/b12-8-. The fourth-order valence-corrected chi connectivity index (χ4v) is 3.28. The normalized spacial score (nSPS) is 14.8. The van der Waals surface area contributed by atoms with Crippen LogP contribution in [0.3, 0.4) is 0 Å². The monoisotopic (exact) mass is 352 g/mol. The van der Waals surface area contributed by atoms with Crippen molar-refractivity contribution in [2.24, 2.45) is 0 Å². The maximum absolute atomic E-state index is 12.7. The van der Waals surface area contributed by atoms with Gasteiger partial charge in [-0.1, -0.05) is 23.7 Å². The fraction of sp³-hybridized carbons (Fsp3) is 0.105. The van der Waals surface area contributed by atoms with E-state index in [1.54, 1.807) is 10.6 Å². The summed E-state index contributed by atoms with van der Waals surface area (Å²) in [5.74, 6) is -0.459. The molecule has 0 amide bonds. The number of hydrogen-bond donors (Lipinski definition) is 1. The van der Waals surface area contributed by atoms with Crippen molar-refractivity contribution in [3.05, 3.63) is 74.8 Å². The number of nitrogens with zero attached hydrogens (tertiary/aromatic N) is 2. The van der Waals surface area contributed by atoms with Crippen molar-refractivity contribution in [1.82, 2.24) is 9.55 Å². The second kappa shape index (κ2) is 5.86. The SMILES string of the molecule is O=C(O)c1ccc2c(=O)n3c(nc2c1)/C(=C\c1cccc(Cl)c1)CC3. The number of benzene rings is 2. The molecule has 25 heavy (non-hydrogen) atoms. The third-order valence-corrected chi connectivity index (χ3v) is 4.52. The van der Waals surface area contributed by atoms with Gasteiger partial charge in [0.05, 0.1) is 16.5 Å². The molecule has 1 aromatic heterocycles. The average Bonchev–Trinajstić information content (AvgIpc) is 2.97. The van der Waals surface area contributed by atoms with Crippen molar-refractivity contribution in [2.45, 2.75) is 13.0 Å². The Bertz CT molecular complexity index is 1120. The van der Waals surface area contributed by atoms with Crippen molar-refractivity contribution in [3.8, 4) is 0 Å². The molecule has 0 spiro atoms. The van der Waals surface area contributed by atoms with Crippen LogP contribution in [0.2, 0.25) is 5.02 Å². The molecule has 3 aromatic rings. The molecular weight excluding hydrogens is 340 g/mol. The summed E-state index contributed by atoms with van der Waals surface area (Å²) in [4.78, 5) is 28.4. The minimum atomic E-state index is -1.04. The highest BCUT2D eigenvalue weighted by molar-refractivity contribution is 6.30. The van der Waals surface area contributed by atoms with Gasteiger partial charge < -0.3 is 5.11 Å². The van der Waals surface area contributed by atoms with Gasteiger partial charge in [-0.05, 0) is 54.0 Å². The zero-order valence-corrected chi connectivity index (χ0v) is 13.8. The molecule has 1 aliphatic rings. The van der Waals surface area contributed by atoms with Crippen molar-refractivity contribution < 1.29 is 9.90 Å². The molecule has 0 saturated heterocycles. The number of rotatable bonds is 2. The molecule has 1 aliphatic heterocycles. The van der Waals surface area contributed by atoms with Crippen LogP contribution in [0.5, 0.6) is 0 Å². The van der Waals surface area contributed by atoms with Crippen molar-refractivity contribution in [3.63, 3.8) is 0 Å². The maximum Gasteiger partial charge on any atom is 0.335 e. The quantitative estimate of drug-likeness (QED) is 0.763. The zero-order valence-electron chi connectivity index (χ0n) is 13.1. The molecule has 1 N–H and O–H groups in total. The molecule has 4 rings (SSSR count). The van der Waals surface area contributed by atoms with Gasteiger partial charge in [-0.3, -0.25) is 9.36 Å². The summed E-state index contributed by atoms with van der Waals surface area (Å²) in [6.07, 6.45) is 2.65. The van der Waals surface area contributed by atoms with Crippen LogP contribution < -0.4 is 5.56 Å². The molecule has 6 heteroatoms. The van der Waals surface area contributed by atoms with Crippen molar-refractivity contribution >= 4 is 40.1 Å². The number of allylic oxidation sites excluding steroid dienone is 1. The van der Waals surface area contributed by atoms with Gasteiger partial charge in [-0.15, -0.1) is 0 Å². The third kappa shape index (κ3) is 2.72. The summed E-state index contributed by atoms with van der Waals surface area (Å²) in [6.45, 7) is 0.560. The van der Waals surface area contributed by atoms with Crippen LogP contribution in [0, 0.1) is 0 Å². The summed E-state index contributed by atoms with van der Waals surface area (Å²) in [7, 11) is 0. The number of carbonyl (C=O) groups is 1. The minimum absolute atomic E-state index is 0.114. The lowest BCUT2D eigenvalue weighted by Gasteiger charge is -2.06. The van der Waals surface area contributed by atoms with Gasteiger partial charge in [0.2, 0.25) is 0 Å². The maximum atomic E-state index is 12.7. The number of aromatic nitrogens is 2. The second-order valence-corrected chi connectivity index (χ2v) is 6.34. The number of carboxylic acid groups (broad SMARTS) is 1. The van der Waals surface area contributed by atoms with E-state index in [4.69, 9.17) is 16.7 Å². The minimum Gasteiger partial charge on any atom is -0.478 e. The fourth-order valence-electron chi connectivity index (χ4n) is 3.08. The zero-order chi connectivity index (χ0) is 17.6. The van der Waals surface area contributed by atoms with Crippen LogP contribution >= 0.6 is 11.6 Å². The highest BCUT2D eigenvalue weighted by atomic mass is 35.5. The molecule has 0 radical (unpaired) electrons.